The van der Waals surface area contributed by atoms with Gasteiger partial charge in [-0.3, -0.25) is 0 Å². The molecule has 0 aliphatic carbocycles. The van der Waals surface area contributed by atoms with Crippen molar-refractivity contribution in [3.8, 4) is 11.3 Å². The Balaban J connectivity index is 2.10. The topological polar surface area (TPSA) is 17.0 Å². The molecule has 0 atom stereocenters. The van der Waals surface area contributed by atoms with Gasteiger partial charge in [0.2, 0.25) is 5.69 Å². The maximum atomic E-state index is 14.2. The first kappa shape index (κ1) is 13.9. The lowest BCUT2D eigenvalue weighted by Crippen LogP contribution is -2.30. The smallest absolute Gasteiger partial charge is 0.212 e. The van der Waals surface area contributed by atoms with Crippen LogP contribution in [0.2, 0.25) is 0 Å². The van der Waals surface area contributed by atoms with Crippen molar-refractivity contribution in [2.24, 2.45) is 7.05 Å². The molecule has 2 heterocycles. The molecular formula is C19H14F2NO+. The zero-order valence-electron chi connectivity index (χ0n) is 12.7. The molecule has 0 amide bonds. The van der Waals surface area contributed by atoms with Gasteiger partial charge < -0.3 is 4.42 Å². The van der Waals surface area contributed by atoms with E-state index in [2.05, 4.69) is 0 Å². The van der Waals surface area contributed by atoms with Crippen LogP contribution in [0.3, 0.4) is 0 Å². The average Bonchev–Trinajstić information content (AvgIpc) is 2.84. The van der Waals surface area contributed by atoms with E-state index in [1.807, 2.05) is 55.1 Å². The molecular weight excluding hydrogens is 296 g/mol. The molecule has 0 aliphatic heterocycles. The maximum absolute atomic E-state index is 14.2. The van der Waals surface area contributed by atoms with Gasteiger partial charge >= 0.3 is 0 Å². The van der Waals surface area contributed by atoms with Crippen molar-refractivity contribution in [1.82, 2.24) is 0 Å². The van der Waals surface area contributed by atoms with Gasteiger partial charge in [0, 0.05) is 35.2 Å². The van der Waals surface area contributed by atoms with Crippen LogP contribution in [0.25, 0.3) is 33.2 Å². The third-order valence-corrected chi connectivity index (χ3v) is 4.17. The molecule has 0 fully saturated rings. The Bertz CT molecular complexity index is 1070. The number of aryl methyl sites for hydroxylation is 2. The molecule has 2 aromatic heterocycles. The van der Waals surface area contributed by atoms with Crippen molar-refractivity contribution in [3.05, 3.63) is 65.9 Å². The molecule has 0 bridgehead atoms. The Kier molecular flexibility index (Phi) is 2.94. The lowest BCUT2D eigenvalue weighted by atomic mass is 10.0. The summed E-state index contributed by atoms with van der Waals surface area (Å²) in [7, 11) is 1.96. The number of aromatic nitrogens is 1. The maximum Gasteiger partial charge on any atom is 0.212 e. The van der Waals surface area contributed by atoms with Crippen LogP contribution >= 0.6 is 0 Å². The van der Waals surface area contributed by atoms with Crippen LogP contribution in [0.15, 0.2) is 53.1 Å². The molecule has 0 radical (unpaired) electrons. The molecule has 4 heteroatoms. The number of halogens is 2. The molecule has 0 saturated heterocycles. The van der Waals surface area contributed by atoms with E-state index in [4.69, 9.17) is 4.42 Å². The van der Waals surface area contributed by atoms with Gasteiger partial charge in [-0.15, -0.1) is 0 Å². The predicted octanol–water partition coefficient (Wildman–Crippen LogP) is 4.66. The molecule has 0 N–H and O–H groups in total. The van der Waals surface area contributed by atoms with Gasteiger partial charge in [-0.05, 0) is 30.7 Å². The summed E-state index contributed by atoms with van der Waals surface area (Å²) in [6, 6.07) is 11.8. The summed E-state index contributed by atoms with van der Waals surface area (Å²) in [4.78, 5) is 0. The predicted molar refractivity (Wildman–Crippen MR) is 85.0 cm³/mol. The van der Waals surface area contributed by atoms with Crippen LogP contribution in [-0.2, 0) is 7.05 Å². The summed E-state index contributed by atoms with van der Waals surface area (Å²) in [6.45, 7) is 1.98. The van der Waals surface area contributed by atoms with Crippen molar-refractivity contribution < 1.29 is 17.8 Å². The Morgan fingerprint density at radius 2 is 1.83 bits per heavy atom. The van der Waals surface area contributed by atoms with Crippen LogP contribution in [-0.4, -0.2) is 0 Å². The third kappa shape index (κ3) is 2.10. The minimum absolute atomic E-state index is 0.228. The molecule has 4 rings (SSSR count). The van der Waals surface area contributed by atoms with Gasteiger partial charge in [0.25, 0.3) is 0 Å². The minimum atomic E-state index is -0.638. The number of hydrogen-bond donors (Lipinski definition) is 0. The van der Waals surface area contributed by atoms with Gasteiger partial charge in [-0.1, -0.05) is 0 Å². The summed E-state index contributed by atoms with van der Waals surface area (Å²) in [5.74, 6) is -1.24. The second-order valence-electron chi connectivity index (χ2n) is 5.72. The first-order valence-electron chi connectivity index (χ1n) is 7.31. The highest BCUT2D eigenvalue weighted by molar-refractivity contribution is 6.06. The van der Waals surface area contributed by atoms with Gasteiger partial charge in [0.15, 0.2) is 6.20 Å². The minimum Gasteiger partial charge on any atom is -0.456 e. The van der Waals surface area contributed by atoms with Crippen molar-refractivity contribution in [1.29, 1.82) is 0 Å². The van der Waals surface area contributed by atoms with Crippen LogP contribution in [0.4, 0.5) is 8.78 Å². The Hall–Kier alpha value is -2.75. The second kappa shape index (κ2) is 4.88. The summed E-state index contributed by atoms with van der Waals surface area (Å²) in [5, 5.41) is 0.975. The number of pyridine rings is 1. The van der Waals surface area contributed by atoms with Gasteiger partial charge in [0.05, 0.1) is 5.39 Å². The SMILES string of the molecule is Cc1cc2oc3cc(F)cc(F)c3c2cc1-c1cccc[n+]1C. The number of furan rings is 1. The number of rotatable bonds is 1. The van der Waals surface area contributed by atoms with E-state index in [-0.39, 0.29) is 5.58 Å². The van der Waals surface area contributed by atoms with E-state index in [0.29, 0.717) is 16.4 Å². The number of benzene rings is 2. The van der Waals surface area contributed by atoms with Crippen molar-refractivity contribution in [3.63, 3.8) is 0 Å². The molecule has 0 spiro atoms. The second-order valence-corrected chi connectivity index (χ2v) is 5.72. The molecule has 0 unspecified atom stereocenters. The first-order chi connectivity index (χ1) is 11.0. The Morgan fingerprint density at radius 1 is 1.00 bits per heavy atom. The van der Waals surface area contributed by atoms with Crippen LogP contribution in [0, 0.1) is 18.6 Å². The lowest BCUT2D eigenvalue weighted by molar-refractivity contribution is -0.660. The van der Waals surface area contributed by atoms with Crippen LogP contribution < -0.4 is 4.57 Å². The highest BCUT2D eigenvalue weighted by Crippen LogP contribution is 2.35. The normalized spacial score (nSPS) is 11.5. The molecule has 114 valence electrons. The molecule has 4 aromatic rings. The van der Waals surface area contributed by atoms with Crippen LogP contribution in [0.5, 0.6) is 0 Å². The molecule has 0 saturated carbocycles. The summed E-state index contributed by atoms with van der Waals surface area (Å²) in [5.41, 5.74) is 3.81. The van der Waals surface area contributed by atoms with E-state index in [9.17, 15) is 8.78 Å². The monoisotopic (exact) mass is 310 g/mol. The summed E-state index contributed by atoms with van der Waals surface area (Å²) < 4.78 is 35.3. The fourth-order valence-corrected chi connectivity index (χ4v) is 3.05. The summed E-state index contributed by atoms with van der Waals surface area (Å²) in [6.07, 6.45) is 1.96. The zero-order valence-corrected chi connectivity index (χ0v) is 12.7. The van der Waals surface area contributed by atoms with E-state index in [0.717, 1.165) is 22.9 Å². The van der Waals surface area contributed by atoms with Crippen molar-refractivity contribution in [2.75, 3.05) is 0 Å². The third-order valence-electron chi connectivity index (χ3n) is 4.17. The van der Waals surface area contributed by atoms with E-state index in [1.54, 1.807) is 0 Å². The first-order valence-corrected chi connectivity index (χ1v) is 7.31. The van der Waals surface area contributed by atoms with Crippen molar-refractivity contribution >= 4 is 21.9 Å². The summed E-state index contributed by atoms with van der Waals surface area (Å²) >= 11 is 0. The Labute approximate surface area is 131 Å². The molecule has 0 aliphatic rings. The van der Waals surface area contributed by atoms with Gasteiger partial charge in [-0.25, -0.2) is 13.3 Å². The molecule has 23 heavy (non-hydrogen) atoms. The molecule has 2 aromatic carbocycles. The van der Waals surface area contributed by atoms with Gasteiger partial charge in [-0.2, -0.15) is 0 Å². The van der Waals surface area contributed by atoms with E-state index in [1.165, 1.54) is 6.07 Å². The highest BCUT2D eigenvalue weighted by Gasteiger charge is 2.18. The Morgan fingerprint density at radius 3 is 2.61 bits per heavy atom. The fourth-order valence-electron chi connectivity index (χ4n) is 3.05. The van der Waals surface area contributed by atoms with Gasteiger partial charge in [0.1, 0.15) is 29.8 Å². The lowest BCUT2D eigenvalue weighted by Gasteiger charge is -2.04. The largest absolute Gasteiger partial charge is 0.456 e. The highest BCUT2D eigenvalue weighted by atomic mass is 19.1. The number of fused-ring (bicyclic) bond motifs is 3. The zero-order chi connectivity index (χ0) is 16.1. The van der Waals surface area contributed by atoms with E-state index >= 15 is 0 Å². The van der Waals surface area contributed by atoms with Crippen molar-refractivity contribution in [2.45, 2.75) is 6.92 Å². The quantitative estimate of drug-likeness (QED) is 0.467. The standard InChI is InChI=1S/C19H14F2NO/c1-11-7-17-14(10-13(11)16-5-3-4-6-22(16)2)19-15(21)8-12(20)9-18(19)23-17/h3-10H,1-2H3/q+1. The average molecular weight is 310 g/mol. The molecule has 2 nitrogen and oxygen atoms in total. The van der Waals surface area contributed by atoms with E-state index < -0.39 is 11.6 Å². The van der Waals surface area contributed by atoms with Crippen LogP contribution in [0.1, 0.15) is 5.56 Å². The number of hydrogen-bond acceptors (Lipinski definition) is 1. The number of nitrogens with zero attached hydrogens (tertiary/aromatic N) is 1. The fraction of sp³-hybridized carbons (Fsp3) is 0.105.